The lowest BCUT2D eigenvalue weighted by molar-refractivity contribution is -0.136. The van der Waals surface area contributed by atoms with Crippen molar-refractivity contribution in [3.05, 3.63) is 59.4 Å². The van der Waals surface area contributed by atoms with Crippen molar-refractivity contribution in [2.24, 2.45) is 5.92 Å². The third kappa shape index (κ3) is 3.88. The van der Waals surface area contributed by atoms with Gasteiger partial charge < -0.3 is 15.1 Å². The van der Waals surface area contributed by atoms with Crippen molar-refractivity contribution in [2.45, 2.75) is 38.0 Å². The van der Waals surface area contributed by atoms with Gasteiger partial charge in [-0.05, 0) is 43.7 Å². The number of nitrogens with one attached hydrogen (secondary N) is 1. The topological polar surface area (TPSA) is 65.8 Å². The zero-order valence-electron chi connectivity index (χ0n) is 19.1. The fraction of sp³-hybridized carbons (Fsp3) is 0.500. The maximum Gasteiger partial charge on any atom is 0.229 e. The minimum atomic E-state index is 0.0802. The van der Waals surface area contributed by atoms with Crippen LogP contribution in [-0.2, 0) is 17.6 Å². The highest BCUT2D eigenvalue weighted by atomic mass is 16.2. The summed E-state index contributed by atoms with van der Waals surface area (Å²) in [6.07, 6.45) is 7.03. The van der Waals surface area contributed by atoms with Crippen molar-refractivity contribution in [3.8, 4) is 0 Å². The van der Waals surface area contributed by atoms with Gasteiger partial charge in [0.1, 0.15) is 5.82 Å². The van der Waals surface area contributed by atoms with E-state index in [1.807, 2.05) is 16.8 Å². The summed E-state index contributed by atoms with van der Waals surface area (Å²) >= 11 is 0. The van der Waals surface area contributed by atoms with Gasteiger partial charge in [-0.2, -0.15) is 9.61 Å². The molecule has 3 aromatic rings. The van der Waals surface area contributed by atoms with Crippen molar-refractivity contribution >= 4 is 17.4 Å². The Bertz CT molecular complexity index is 1140. The second-order valence-corrected chi connectivity index (χ2v) is 9.68. The van der Waals surface area contributed by atoms with Crippen LogP contribution in [0.4, 0.5) is 5.82 Å². The summed E-state index contributed by atoms with van der Waals surface area (Å²) in [5, 5.41) is 8.05. The maximum absolute atomic E-state index is 13.4. The molecule has 1 aromatic carbocycles. The number of rotatable bonds is 3. The van der Waals surface area contributed by atoms with E-state index in [0.29, 0.717) is 11.8 Å². The second kappa shape index (κ2) is 8.78. The van der Waals surface area contributed by atoms with E-state index in [-0.39, 0.29) is 5.92 Å². The molecule has 1 unspecified atom stereocenters. The number of likely N-dealkylation sites (tertiary alicyclic amines) is 1. The Kier molecular flexibility index (Phi) is 5.50. The van der Waals surface area contributed by atoms with Gasteiger partial charge in [0.05, 0.1) is 17.8 Å². The summed E-state index contributed by atoms with van der Waals surface area (Å²) in [6.45, 7) is 5.23. The van der Waals surface area contributed by atoms with Gasteiger partial charge in [0.15, 0.2) is 5.65 Å². The first kappa shape index (κ1) is 20.7. The van der Waals surface area contributed by atoms with Crippen molar-refractivity contribution in [1.29, 1.82) is 0 Å². The molecule has 0 aliphatic carbocycles. The van der Waals surface area contributed by atoms with Crippen LogP contribution in [0.5, 0.6) is 0 Å². The summed E-state index contributed by atoms with van der Waals surface area (Å²) in [7, 11) is 0. The summed E-state index contributed by atoms with van der Waals surface area (Å²) in [5.41, 5.74) is 4.79. The smallest absolute Gasteiger partial charge is 0.229 e. The average Bonchev–Trinajstić information content (AvgIpc) is 2.99. The number of aromatic nitrogens is 3. The first-order valence-corrected chi connectivity index (χ1v) is 12.4. The van der Waals surface area contributed by atoms with E-state index in [0.717, 1.165) is 76.4 Å². The molecule has 172 valence electrons. The predicted octanol–water partition coefficient (Wildman–Crippen LogP) is 2.65. The lowest BCUT2D eigenvalue weighted by Gasteiger charge is -2.42. The number of hydrogen-bond donors (Lipinski definition) is 1. The zero-order chi connectivity index (χ0) is 22.2. The molecule has 0 bridgehead atoms. The van der Waals surface area contributed by atoms with Gasteiger partial charge in [-0.25, -0.2) is 4.98 Å². The van der Waals surface area contributed by atoms with Crippen LogP contribution >= 0.6 is 0 Å². The van der Waals surface area contributed by atoms with Gasteiger partial charge in [-0.15, -0.1) is 0 Å². The van der Waals surface area contributed by atoms with Crippen LogP contribution in [0.25, 0.3) is 5.65 Å². The molecule has 7 heteroatoms. The molecule has 5 heterocycles. The molecular weight excluding hydrogens is 412 g/mol. The van der Waals surface area contributed by atoms with Gasteiger partial charge in [0, 0.05) is 50.8 Å². The van der Waals surface area contributed by atoms with Crippen LogP contribution in [0.2, 0.25) is 0 Å². The van der Waals surface area contributed by atoms with Crippen LogP contribution in [0.3, 0.4) is 0 Å². The SMILES string of the molecule is O=C(C1CN(c2c3c(nc4ccnn24)CCNCC3)C1)N1CCCC(c2ccccc2)CC1. The molecule has 1 N–H and O–H groups in total. The van der Waals surface area contributed by atoms with Crippen molar-refractivity contribution < 1.29 is 4.79 Å². The lowest BCUT2D eigenvalue weighted by atomic mass is 9.92. The predicted molar refractivity (Wildman–Crippen MR) is 129 cm³/mol. The van der Waals surface area contributed by atoms with E-state index in [9.17, 15) is 4.79 Å². The van der Waals surface area contributed by atoms with E-state index >= 15 is 0 Å². The Morgan fingerprint density at radius 1 is 1.00 bits per heavy atom. The summed E-state index contributed by atoms with van der Waals surface area (Å²) in [4.78, 5) is 22.7. The number of amides is 1. The molecule has 2 fully saturated rings. The van der Waals surface area contributed by atoms with Crippen LogP contribution in [-0.4, -0.2) is 64.7 Å². The Morgan fingerprint density at radius 2 is 1.85 bits per heavy atom. The van der Waals surface area contributed by atoms with Gasteiger partial charge in [-0.3, -0.25) is 4.79 Å². The van der Waals surface area contributed by atoms with Crippen molar-refractivity contribution in [3.63, 3.8) is 0 Å². The van der Waals surface area contributed by atoms with Gasteiger partial charge in [0.25, 0.3) is 0 Å². The summed E-state index contributed by atoms with van der Waals surface area (Å²) < 4.78 is 1.97. The fourth-order valence-corrected chi connectivity index (χ4v) is 5.78. The van der Waals surface area contributed by atoms with Gasteiger partial charge in [-0.1, -0.05) is 30.3 Å². The Hall–Kier alpha value is -2.93. The molecule has 1 amide bonds. The number of nitrogens with zero attached hydrogens (tertiary/aromatic N) is 5. The first-order valence-electron chi connectivity index (χ1n) is 12.4. The van der Waals surface area contributed by atoms with E-state index in [1.54, 1.807) is 0 Å². The molecule has 0 saturated carbocycles. The number of benzene rings is 1. The number of anilines is 1. The third-order valence-corrected chi connectivity index (χ3v) is 7.62. The van der Waals surface area contributed by atoms with Crippen LogP contribution in [0.1, 0.15) is 42.0 Å². The molecule has 1 atom stereocenters. The fourth-order valence-electron chi connectivity index (χ4n) is 5.78. The standard InChI is InChI=1S/C26H32N6O/c33-26(30-15-4-7-20(11-16-30)19-5-2-1-3-6-19)21-17-31(18-21)25-22-8-12-27-13-9-23(22)29-24-10-14-28-32(24)25/h1-3,5-6,10,14,20-21,27H,4,7-9,11-13,15-18H2. The number of carbonyl (C=O) groups is 1. The summed E-state index contributed by atoms with van der Waals surface area (Å²) in [5.74, 6) is 2.12. The minimum absolute atomic E-state index is 0.0802. The molecule has 0 radical (unpaired) electrons. The Morgan fingerprint density at radius 3 is 2.73 bits per heavy atom. The molecule has 6 rings (SSSR count). The van der Waals surface area contributed by atoms with Gasteiger partial charge >= 0.3 is 0 Å². The van der Waals surface area contributed by atoms with Crippen molar-refractivity contribution in [1.82, 2.24) is 24.8 Å². The first-order chi connectivity index (χ1) is 16.3. The molecule has 7 nitrogen and oxygen atoms in total. The molecule has 3 aliphatic rings. The van der Waals surface area contributed by atoms with E-state index in [1.165, 1.54) is 23.2 Å². The molecule has 2 aromatic heterocycles. The molecular formula is C26H32N6O. The number of carbonyl (C=O) groups excluding carboxylic acids is 1. The minimum Gasteiger partial charge on any atom is -0.354 e. The molecule has 33 heavy (non-hydrogen) atoms. The van der Waals surface area contributed by atoms with Crippen LogP contribution < -0.4 is 10.2 Å². The van der Waals surface area contributed by atoms with E-state index in [4.69, 9.17) is 4.98 Å². The Balaban J connectivity index is 1.15. The third-order valence-electron chi connectivity index (χ3n) is 7.62. The largest absolute Gasteiger partial charge is 0.354 e. The Labute approximate surface area is 194 Å². The van der Waals surface area contributed by atoms with E-state index < -0.39 is 0 Å². The normalized spacial score (nSPS) is 21.9. The molecule has 3 aliphatic heterocycles. The highest BCUT2D eigenvalue weighted by Crippen LogP contribution is 2.33. The second-order valence-electron chi connectivity index (χ2n) is 9.68. The highest BCUT2D eigenvalue weighted by molar-refractivity contribution is 5.82. The number of hydrogen-bond acceptors (Lipinski definition) is 5. The zero-order valence-corrected chi connectivity index (χ0v) is 19.1. The maximum atomic E-state index is 13.4. The van der Waals surface area contributed by atoms with Crippen molar-refractivity contribution in [2.75, 3.05) is 44.2 Å². The lowest BCUT2D eigenvalue weighted by Crippen LogP contribution is -2.55. The highest BCUT2D eigenvalue weighted by Gasteiger charge is 2.38. The average molecular weight is 445 g/mol. The number of fused-ring (bicyclic) bond motifs is 2. The van der Waals surface area contributed by atoms with Crippen LogP contribution in [0, 0.1) is 5.92 Å². The quantitative estimate of drug-likeness (QED) is 0.673. The van der Waals surface area contributed by atoms with Gasteiger partial charge in [0.2, 0.25) is 5.91 Å². The van der Waals surface area contributed by atoms with Crippen LogP contribution in [0.15, 0.2) is 42.6 Å². The molecule has 2 saturated heterocycles. The summed E-state index contributed by atoms with van der Waals surface area (Å²) in [6, 6.07) is 12.8. The monoisotopic (exact) mass is 444 g/mol. The van der Waals surface area contributed by atoms with E-state index in [2.05, 4.69) is 50.5 Å². The molecule has 0 spiro atoms.